The van der Waals surface area contributed by atoms with E-state index in [9.17, 15) is 9.18 Å². The van der Waals surface area contributed by atoms with Crippen LogP contribution in [0.3, 0.4) is 0 Å². The SMILES string of the molecule is CCCC(=O)c1cccc(N2Cc3cn(Cc4ccc(F)cc4)nc3C2)c1. The number of nitrogens with zero attached hydrogens (tertiary/aromatic N) is 3. The van der Waals surface area contributed by atoms with E-state index in [-0.39, 0.29) is 11.6 Å². The molecule has 0 spiro atoms. The molecule has 0 bridgehead atoms. The molecule has 5 heteroatoms. The Labute approximate surface area is 158 Å². The van der Waals surface area contributed by atoms with Gasteiger partial charge in [0.25, 0.3) is 0 Å². The molecule has 0 saturated carbocycles. The third-order valence-corrected chi connectivity index (χ3v) is 4.89. The van der Waals surface area contributed by atoms with Crippen molar-refractivity contribution in [3.63, 3.8) is 0 Å². The average molecular weight is 363 g/mol. The minimum absolute atomic E-state index is 0.195. The van der Waals surface area contributed by atoms with Crippen molar-refractivity contribution < 1.29 is 9.18 Å². The zero-order valence-electron chi connectivity index (χ0n) is 15.4. The molecule has 2 aromatic carbocycles. The smallest absolute Gasteiger partial charge is 0.162 e. The van der Waals surface area contributed by atoms with E-state index in [1.807, 2.05) is 35.9 Å². The molecule has 0 unspecified atom stereocenters. The third kappa shape index (κ3) is 3.77. The number of halogens is 1. The lowest BCUT2D eigenvalue weighted by molar-refractivity contribution is 0.0982. The van der Waals surface area contributed by atoms with Crippen molar-refractivity contribution in [2.45, 2.75) is 39.4 Å². The van der Waals surface area contributed by atoms with Crippen molar-refractivity contribution in [1.29, 1.82) is 0 Å². The first-order chi connectivity index (χ1) is 13.1. The molecule has 0 amide bonds. The van der Waals surface area contributed by atoms with Crippen LogP contribution in [0.1, 0.15) is 46.9 Å². The second-order valence-electron chi connectivity index (χ2n) is 7.00. The van der Waals surface area contributed by atoms with Crippen molar-refractivity contribution in [1.82, 2.24) is 9.78 Å². The van der Waals surface area contributed by atoms with Crippen LogP contribution >= 0.6 is 0 Å². The van der Waals surface area contributed by atoms with Crippen LogP contribution in [-0.2, 0) is 19.6 Å². The van der Waals surface area contributed by atoms with Gasteiger partial charge in [0.15, 0.2) is 5.78 Å². The Morgan fingerprint density at radius 3 is 2.70 bits per heavy atom. The molecule has 0 radical (unpaired) electrons. The maximum absolute atomic E-state index is 13.0. The van der Waals surface area contributed by atoms with E-state index in [1.165, 1.54) is 17.7 Å². The van der Waals surface area contributed by atoms with Gasteiger partial charge in [0.05, 0.1) is 18.8 Å². The molecule has 27 heavy (non-hydrogen) atoms. The van der Waals surface area contributed by atoms with Crippen molar-refractivity contribution in [3.8, 4) is 0 Å². The predicted octanol–water partition coefficient (Wildman–Crippen LogP) is 4.57. The van der Waals surface area contributed by atoms with E-state index in [0.717, 1.165) is 42.0 Å². The van der Waals surface area contributed by atoms with Crippen LogP contribution in [0, 0.1) is 5.82 Å². The highest BCUT2D eigenvalue weighted by Gasteiger charge is 2.23. The van der Waals surface area contributed by atoms with Gasteiger partial charge in [0, 0.05) is 36.0 Å². The molecule has 0 fully saturated rings. The lowest BCUT2D eigenvalue weighted by Gasteiger charge is -2.18. The summed E-state index contributed by atoms with van der Waals surface area (Å²) in [6.45, 7) is 4.17. The molecule has 0 aliphatic carbocycles. The number of anilines is 1. The second-order valence-corrected chi connectivity index (χ2v) is 7.00. The summed E-state index contributed by atoms with van der Waals surface area (Å²) in [4.78, 5) is 14.4. The summed E-state index contributed by atoms with van der Waals surface area (Å²) in [7, 11) is 0. The molecule has 2 heterocycles. The predicted molar refractivity (Wildman–Crippen MR) is 103 cm³/mol. The maximum Gasteiger partial charge on any atom is 0.162 e. The number of hydrogen-bond donors (Lipinski definition) is 0. The van der Waals surface area contributed by atoms with Crippen molar-refractivity contribution in [2.24, 2.45) is 0 Å². The van der Waals surface area contributed by atoms with Crippen molar-refractivity contribution in [3.05, 3.63) is 82.9 Å². The standard InChI is InChI=1S/C22H22FN3O/c1-2-4-22(27)17-5-3-6-20(11-17)25-13-18-14-26(24-21(18)15-25)12-16-7-9-19(23)10-8-16/h3,5-11,14H,2,4,12-13,15H2,1H3. The molecule has 4 nitrogen and oxygen atoms in total. The molecule has 1 aliphatic rings. The number of rotatable bonds is 6. The molecular weight excluding hydrogens is 341 g/mol. The normalized spacial score (nSPS) is 13.0. The van der Waals surface area contributed by atoms with Gasteiger partial charge < -0.3 is 4.90 Å². The lowest BCUT2D eigenvalue weighted by atomic mass is 10.1. The first-order valence-electron chi connectivity index (χ1n) is 9.30. The summed E-state index contributed by atoms with van der Waals surface area (Å²) in [5, 5.41) is 4.69. The molecular formula is C22H22FN3O. The Hall–Kier alpha value is -2.95. The summed E-state index contributed by atoms with van der Waals surface area (Å²) in [6.07, 6.45) is 3.50. The number of benzene rings is 2. The molecule has 3 aromatic rings. The van der Waals surface area contributed by atoms with Crippen LogP contribution in [0.4, 0.5) is 10.1 Å². The summed E-state index contributed by atoms with van der Waals surface area (Å²) in [5.74, 6) is -0.0298. The van der Waals surface area contributed by atoms with E-state index in [0.29, 0.717) is 13.0 Å². The van der Waals surface area contributed by atoms with E-state index in [1.54, 1.807) is 12.1 Å². The quantitative estimate of drug-likeness (QED) is 0.602. The van der Waals surface area contributed by atoms with Crippen molar-refractivity contribution in [2.75, 3.05) is 4.90 Å². The first-order valence-corrected chi connectivity index (χ1v) is 9.30. The van der Waals surface area contributed by atoms with Gasteiger partial charge in [-0.2, -0.15) is 5.10 Å². The summed E-state index contributed by atoms with van der Waals surface area (Å²) in [6, 6.07) is 14.4. The van der Waals surface area contributed by atoms with Gasteiger partial charge in [-0.1, -0.05) is 31.2 Å². The molecule has 1 aliphatic heterocycles. The van der Waals surface area contributed by atoms with Gasteiger partial charge in [-0.15, -0.1) is 0 Å². The van der Waals surface area contributed by atoms with Gasteiger partial charge in [-0.3, -0.25) is 9.48 Å². The van der Waals surface area contributed by atoms with Gasteiger partial charge in [0.2, 0.25) is 0 Å². The van der Waals surface area contributed by atoms with E-state index < -0.39 is 0 Å². The maximum atomic E-state index is 13.0. The summed E-state index contributed by atoms with van der Waals surface area (Å²) in [5.41, 5.74) is 5.11. The highest BCUT2D eigenvalue weighted by atomic mass is 19.1. The summed E-state index contributed by atoms with van der Waals surface area (Å²) < 4.78 is 14.9. The topological polar surface area (TPSA) is 38.1 Å². The number of Topliss-reactive ketones (excluding diaryl/α,β-unsaturated/α-hetero) is 1. The van der Waals surface area contributed by atoms with Crippen LogP contribution in [0.2, 0.25) is 0 Å². The summed E-state index contributed by atoms with van der Waals surface area (Å²) >= 11 is 0. The van der Waals surface area contributed by atoms with Gasteiger partial charge in [-0.05, 0) is 36.2 Å². The Balaban J connectivity index is 1.46. The molecule has 0 saturated heterocycles. The zero-order chi connectivity index (χ0) is 18.8. The molecule has 1 aromatic heterocycles. The minimum atomic E-state index is -0.225. The van der Waals surface area contributed by atoms with Gasteiger partial charge in [0.1, 0.15) is 5.82 Å². The van der Waals surface area contributed by atoms with Crippen LogP contribution in [0.25, 0.3) is 0 Å². The number of fused-ring (bicyclic) bond motifs is 1. The fourth-order valence-corrected chi connectivity index (χ4v) is 3.50. The van der Waals surface area contributed by atoms with Crippen LogP contribution in [0.5, 0.6) is 0 Å². The number of carbonyl (C=O) groups is 1. The van der Waals surface area contributed by atoms with Crippen LogP contribution < -0.4 is 4.90 Å². The third-order valence-electron chi connectivity index (χ3n) is 4.89. The van der Waals surface area contributed by atoms with Crippen LogP contribution in [0.15, 0.2) is 54.7 Å². The molecule has 0 atom stereocenters. The van der Waals surface area contributed by atoms with E-state index in [4.69, 9.17) is 0 Å². The molecule has 138 valence electrons. The Kier molecular flexibility index (Phi) is 4.75. The minimum Gasteiger partial charge on any atom is -0.361 e. The molecule has 4 rings (SSSR count). The largest absolute Gasteiger partial charge is 0.361 e. The number of carbonyl (C=O) groups excluding carboxylic acids is 1. The van der Waals surface area contributed by atoms with Crippen molar-refractivity contribution >= 4 is 11.5 Å². The highest BCUT2D eigenvalue weighted by molar-refractivity contribution is 5.96. The fraction of sp³-hybridized carbons (Fsp3) is 0.273. The highest BCUT2D eigenvalue weighted by Crippen LogP contribution is 2.28. The zero-order valence-corrected chi connectivity index (χ0v) is 15.4. The second kappa shape index (κ2) is 7.35. The van der Waals surface area contributed by atoms with Gasteiger partial charge in [-0.25, -0.2) is 4.39 Å². The average Bonchev–Trinajstić information content (AvgIpc) is 3.22. The number of hydrogen-bond acceptors (Lipinski definition) is 3. The first kappa shape index (κ1) is 17.5. The number of ketones is 1. The monoisotopic (exact) mass is 363 g/mol. The van der Waals surface area contributed by atoms with Gasteiger partial charge >= 0.3 is 0 Å². The Bertz CT molecular complexity index is 938. The Morgan fingerprint density at radius 1 is 1.15 bits per heavy atom. The van der Waals surface area contributed by atoms with E-state index in [2.05, 4.69) is 16.2 Å². The lowest BCUT2D eigenvalue weighted by Crippen LogP contribution is -2.16. The fourth-order valence-electron chi connectivity index (χ4n) is 3.50. The number of aromatic nitrogens is 2. The van der Waals surface area contributed by atoms with E-state index >= 15 is 0 Å². The van der Waals surface area contributed by atoms with Crippen LogP contribution in [-0.4, -0.2) is 15.6 Å². The Morgan fingerprint density at radius 2 is 1.96 bits per heavy atom. The molecule has 0 N–H and O–H groups in total.